The van der Waals surface area contributed by atoms with Crippen LogP contribution >= 0.6 is 11.3 Å². The number of nitrogen functional groups attached to an aromatic ring is 1. The first-order valence-corrected chi connectivity index (χ1v) is 9.21. The maximum Gasteiger partial charge on any atom is 0.243 e. The summed E-state index contributed by atoms with van der Waals surface area (Å²) < 4.78 is 27.4. The molecule has 21 heavy (non-hydrogen) atoms. The molecule has 1 aliphatic carbocycles. The topological polar surface area (TPSA) is 63.4 Å². The maximum absolute atomic E-state index is 12.9. The minimum Gasteiger partial charge on any atom is -0.398 e. The van der Waals surface area contributed by atoms with Crippen molar-refractivity contribution < 1.29 is 8.42 Å². The Kier molecular flexibility index (Phi) is 3.77. The van der Waals surface area contributed by atoms with Gasteiger partial charge in [-0.05, 0) is 48.9 Å². The molecule has 0 atom stereocenters. The van der Waals surface area contributed by atoms with Gasteiger partial charge in [0.25, 0.3) is 0 Å². The summed E-state index contributed by atoms with van der Waals surface area (Å²) in [6.07, 6.45) is 1.87. The summed E-state index contributed by atoms with van der Waals surface area (Å²) in [5, 5.41) is 1.97. The molecule has 0 amide bonds. The third-order valence-corrected chi connectivity index (χ3v) is 6.46. The number of rotatable bonds is 5. The molecule has 2 N–H and O–H groups in total. The van der Waals surface area contributed by atoms with Crippen LogP contribution in [0.3, 0.4) is 0 Å². The van der Waals surface area contributed by atoms with Crippen LogP contribution in [0.4, 0.5) is 5.69 Å². The largest absolute Gasteiger partial charge is 0.398 e. The molecule has 1 aliphatic rings. The lowest BCUT2D eigenvalue weighted by molar-refractivity contribution is 0.401. The van der Waals surface area contributed by atoms with Gasteiger partial charge in [-0.3, -0.25) is 0 Å². The summed E-state index contributed by atoms with van der Waals surface area (Å²) in [5.74, 6) is 0. The molecule has 0 saturated heterocycles. The number of aryl methyl sites for hydroxylation is 1. The van der Waals surface area contributed by atoms with Crippen molar-refractivity contribution in [2.75, 3.05) is 5.73 Å². The minimum absolute atomic E-state index is 0.125. The Hall–Kier alpha value is -1.37. The van der Waals surface area contributed by atoms with Gasteiger partial charge in [-0.15, -0.1) is 11.3 Å². The molecule has 1 fully saturated rings. The SMILES string of the molecule is Cc1ccc(S(=O)(=O)N(Cc2cccs2)C2CC2)cc1N. The average Bonchev–Trinajstić information content (AvgIpc) is 3.15. The highest BCUT2D eigenvalue weighted by Crippen LogP contribution is 2.34. The smallest absolute Gasteiger partial charge is 0.243 e. The maximum atomic E-state index is 12.9. The average molecular weight is 322 g/mol. The second-order valence-electron chi connectivity index (χ2n) is 5.38. The summed E-state index contributed by atoms with van der Waals surface area (Å²) in [7, 11) is -3.49. The first-order chi connectivity index (χ1) is 9.98. The molecule has 0 spiro atoms. The summed E-state index contributed by atoms with van der Waals surface area (Å²) in [6, 6.07) is 9.01. The van der Waals surface area contributed by atoms with Crippen LogP contribution in [0.2, 0.25) is 0 Å². The molecule has 6 heteroatoms. The molecule has 1 saturated carbocycles. The van der Waals surface area contributed by atoms with Gasteiger partial charge in [0.15, 0.2) is 0 Å². The highest BCUT2D eigenvalue weighted by Gasteiger charge is 2.38. The van der Waals surface area contributed by atoms with E-state index in [-0.39, 0.29) is 10.9 Å². The van der Waals surface area contributed by atoms with Crippen LogP contribution in [0.1, 0.15) is 23.3 Å². The van der Waals surface area contributed by atoms with Crippen molar-refractivity contribution in [2.45, 2.75) is 37.2 Å². The van der Waals surface area contributed by atoms with Gasteiger partial charge >= 0.3 is 0 Å². The first-order valence-electron chi connectivity index (χ1n) is 6.89. The lowest BCUT2D eigenvalue weighted by Crippen LogP contribution is -2.32. The van der Waals surface area contributed by atoms with Gasteiger partial charge in [0.05, 0.1) is 4.90 Å². The van der Waals surface area contributed by atoms with E-state index in [0.717, 1.165) is 23.3 Å². The number of anilines is 1. The highest BCUT2D eigenvalue weighted by atomic mass is 32.2. The van der Waals surface area contributed by atoms with Crippen molar-refractivity contribution >= 4 is 27.0 Å². The molecular formula is C15H18N2O2S2. The Balaban J connectivity index is 1.95. The van der Waals surface area contributed by atoms with Crippen LogP contribution in [0.25, 0.3) is 0 Å². The van der Waals surface area contributed by atoms with Gasteiger partial charge in [-0.2, -0.15) is 4.31 Å². The van der Waals surface area contributed by atoms with Crippen LogP contribution in [-0.4, -0.2) is 18.8 Å². The molecule has 0 unspecified atom stereocenters. The summed E-state index contributed by atoms with van der Waals surface area (Å²) in [4.78, 5) is 1.35. The number of nitrogens with two attached hydrogens (primary N) is 1. The van der Waals surface area contributed by atoms with Gasteiger partial charge in [-0.25, -0.2) is 8.42 Å². The van der Waals surface area contributed by atoms with Gasteiger partial charge in [-0.1, -0.05) is 12.1 Å². The molecule has 3 rings (SSSR count). The number of sulfonamides is 1. The van der Waals surface area contributed by atoms with Gasteiger partial charge in [0, 0.05) is 23.2 Å². The van der Waals surface area contributed by atoms with E-state index in [1.54, 1.807) is 33.8 Å². The van der Waals surface area contributed by atoms with Crippen molar-refractivity contribution in [1.82, 2.24) is 4.31 Å². The first kappa shape index (κ1) is 14.6. The fourth-order valence-corrected chi connectivity index (χ4v) is 4.73. The van der Waals surface area contributed by atoms with Crippen molar-refractivity contribution in [3.8, 4) is 0 Å². The molecule has 1 aromatic heterocycles. The Morgan fingerprint density at radius 1 is 1.33 bits per heavy atom. The normalized spacial score (nSPS) is 15.5. The lowest BCUT2D eigenvalue weighted by Gasteiger charge is -2.21. The summed E-state index contributed by atoms with van der Waals surface area (Å²) in [6.45, 7) is 2.31. The van der Waals surface area contributed by atoms with E-state index in [2.05, 4.69) is 0 Å². The number of hydrogen-bond donors (Lipinski definition) is 1. The van der Waals surface area contributed by atoms with Gasteiger partial charge in [0.1, 0.15) is 0 Å². The number of thiophene rings is 1. The summed E-state index contributed by atoms with van der Waals surface area (Å²) >= 11 is 1.58. The Morgan fingerprint density at radius 2 is 2.10 bits per heavy atom. The Bertz CT molecular complexity index is 735. The van der Waals surface area contributed by atoms with E-state index in [1.807, 2.05) is 24.4 Å². The van der Waals surface area contributed by atoms with E-state index in [1.165, 1.54) is 0 Å². The van der Waals surface area contributed by atoms with Crippen molar-refractivity contribution in [2.24, 2.45) is 0 Å². The highest BCUT2D eigenvalue weighted by molar-refractivity contribution is 7.89. The standard InChI is InChI=1S/C15H18N2O2S2/c1-11-4-7-14(9-15(11)16)21(18,19)17(12-5-6-12)10-13-3-2-8-20-13/h2-4,7-9,12H,5-6,10,16H2,1H3. The van der Waals surface area contributed by atoms with Crippen molar-refractivity contribution in [3.63, 3.8) is 0 Å². The molecule has 112 valence electrons. The quantitative estimate of drug-likeness (QED) is 0.861. The molecule has 0 bridgehead atoms. The van der Waals surface area contributed by atoms with E-state index < -0.39 is 10.0 Å². The van der Waals surface area contributed by atoms with Crippen LogP contribution in [0.5, 0.6) is 0 Å². The summed E-state index contributed by atoms with van der Waals surface area (Å²) in [5.41, 5.74) is 7.27. The Morgan fingerprint density at radius 3 is 2.67 bits per heavy atom. The Labute approximate surface area is 129 Å². The number of hydrogen-bond acceptors (Lipinski definition) is 4. The van der Waals surface area contributed by atoms with Crippen LogP contribution in [0.15, 0.2) is 40.6 Å². The van der Waals surface area contributed by atoms with Crippen molar-refractivity contribution in [3.05, 3.63) is 46.2 Å². The van der Waals surface area contributed by atoms with Gasteiger partial charge in [0.2, 0.25) is 10.0 Å². The third-order valence-electron chi connectivity index (χ3n) is 3.70. The fraction of sp³-hybridized carbons (Fsp3) is 0.333. The lowest BCUT2D eigenvalue weighted by atomic mass is 10.2. The van der Waals surface area contributed by atoms with E-state index in [4.69, 9.17) is 5.73 Å². The number of nitrogens with zero attached hydrogens (tertiary/aromatic N) is 1. The number of benzene rings is 1. The minimum atomic E-state index is -3.49. The molecular weight excluding hydrogens is 304 g/mol. The van der Waals surface area contributed by atoms with Gasteiger partial charge < -0.3 is 5.73 Å². The van der Waals surface area contributed by atoms with Crippen LogP contribution in [0, 0.1) is 6.92 Å². The zero-order valence-corrected chi connectivity index (χ0v) is 13.5. The molecule has 4 nitrogen and oxygen atoms in total. The van der Waals surface area contributed by atoms with E-state index >= 15 is 0 Å². The second-order valence-corrected chi connectivity index (χ2v) is 8.30. The monoisotopic (exact) mass is 322 g/mol. The second kappa shape index (κ2) is 5.44. The molecule has 0 aliphatic heterocycles. The zero-order chi connectivity index (χ0) is 15.0. The van der Waals surface area contributed by atoms with E-state index in [9.17, 15) is 8.42 Å². The van der Waals surface area contributed by atoms with Crippen LogP contribution < -0.4 is 5.73 Å². The molecule has 2 aromatic rings. The molecule has 1 aromatic carbocycles. The fourth-order valence-electron chi connectivity index (χ4n) is 2.24. The van der Waals surface area contributed by atoms with Crippen LogP contribution in [-0.2, 0) is 16.6 Å². The third kappa shape index (κ3) is 2.97. The predicted molar refractivity (Wildman–Crippen MR) is 85.7 cm³/mol. The predicted octanol–water partition coefficient (Wildman–Crippen LogP) is 2.99. The van der Waals surface area contributed by atoms with E-state index in [0.29, 0.717) is 12.2 Å². The van der Waals surface area contributed by atoms with Crippen molar-refractivity contribution in [1.29, 1.82) is 0 Å². The zero-order valence-electron chi connectivity index (χ0n) is 11.8. The molecule has 1 heterocycles. The molecule has 0 radical (unpaired) electrons.